The summed E-state index contributed by atoms with van der Waals surface area (Å²) in [7, 11) is 1.35. The van der Waals surface area contributed by atoms with Crippen molar-refractivity contribution in [3.63, 3.8) is 0 Å². The van der Waals surface area contributed by atoms with Gasteiger partial charge in [-0.25, -0.2) is 4.79 Å². The van der Waals surface area contributed by atoms with E-state index < -0.39 is 6.09 Å². The number of nitrogens with one attached hydrogen (secondary N) is 2. The zero-order chi connectivity index (χ0) is 15.1. The Labute approximate surface area is 129 Å². The molecule has 0 unspecified atom stereocenters. The summed E-state index contributed by atoms with van der Waals surface area (Å²) in [5, 5.41) is 8.30. The van der Waals surface area contributed by atoms with Crippen LogP contribution in [0.2, 0.25) is 0 Å². The van der Waals surface area contributed by atoms with Crippen molar-refractivity contribution in [1.29, 1.82) is 0 Å². The summed E-state index contributed by atoms with van der Waals surface area (Å²) in [6, 6.07) is 12.4. The van der Waals surface area contributed by atoms with Crippen molar-refractivity contribution >= 4 is 23.1 Å². The molecule has 2 N–H and O–H groups in total. The summed E-state index contributed by atoms with van der Waals surface area (Å²) in [6.07, 6.45) is 0.604. The number of anilines is 1. The second kappa shape index (κ2) is 7.81. The van der Waals surface area contributed by atoms with Gasteiger partial charge in [-0.1, -0.05) is 25.1 Å². The molecule has 1 atom stereocenters. The Balaban J connectivity index is 1.89. The number of hydrogen-bond acceptors (Lipinski definition) is 4. The zero-order valence-electron chi connectivity index (χ0n) is 12.3. The van der Waals surface area contributed by atoms with E-state index in [9.17, 15) is 4.79 Å². The molecule has 4 nitrogen and oxygen atoms in total. The predicted octanol–water partition coefficient (Wildman–Crippen LogP) is 4.17. The van der Waals surface area contributed by atoms with E-state index in [1.807, 2.05) is 24.3 Å². The Morgan fingerprint density at radius 3 is 2.62 bits per heavy atom. The number of carbonyl (C=O) groups is 1. The van der Waals surface area contributed by atoms with Gasteiger partial charge in [-0.3, -0.25) is 5.32 Å². The quantitative estimate of drug-likeness (QED) is 0.842. The SMILES string of the molecule is CC[C@H](NCc1ccc(NC(=O)OC)cc1)c1cccs1. The van der Waals surface area contributed by atoms with Gasteiger partial charge in [0.1, 0.15) is 0 Å². The maximum Gasteiger partial charge on any atom is 0.411 e. The molecule has 0 spiro atoms. The van der Waals surface area contributed by atoms with Crippen LogP contribution in [-0.2, 0) is 11.3 Å². The van der Waals surface area contributed by atoms with Crippen molar-refractivity contribution in [3.8, 4) is 0 Å². The Kier molecular flexibility index (Phi) is 5.78. The maximum atomic E-state index is 11.1. The minimum Gasteiger partial charge on any atom is -0.453 e. The van der Waals surface area contributed by atoms with E-state index in [0.717, 1.165) is 18.7 Å². The van der Waals surface area contributed by atoms with E-state index in [-0.39, 0.29) is 0 Å². The van der Waals surface area contributed by atoms with Gasteiger partial charge in [-0.2, -0.15) is 0 Å². The van der Waals surface area contributed by atoms with Crippen molar-refractivity contribution in [2.45, 2.75) is 25.9 Å². The highest BCUT2D eigenvalue weighted by Gasteiger charge is 2.09. The number of ether oxygens (including phenoxy) is 1. The number of methoxy groups -OCH3 is 1. The minimum atomic E-state index is -0.454. The molecule has 0 radical (unpaired) electrons. The molecule has 0 bridgehead atoms. The molecular formula is C16H20N2O2S. The molecule has 0 aliphatic carbocycles. The molecule has 0 fully saturated rings. The molecule has 0 aliphatic rings. The van der Waals surface area contributed by atoms with E-state index in [4.69, 9.17) is 0 Å². The molecule has 0 saturated heterocycles. The molecule has 1 aromatic carbocycles. The molecule has 0 saturated carbocycles. The maximum absolute atomic E-state index is 11.1. The summed E-state index contributed by atoms with van der Waals surface area (Å²) in [5.74, 6) is 0. The third-order valence-electron chi connectivity index (χ3n) is 3.23. The Bertz CT molecular complexity index is 552. The average molecular weight is 304 g/mol. The first kappa shape index (κ1) is 15.5. The molecule has 21 heavy (non-hydrogen) atoms. The number of hydrogen-bond donors (Lipinski definition) is 2. The standard InChI is InChI=1S/C16H20N2O2S/c1-3-14(15-5-4-10-21-15)17-11-12-6-8-13(9-7-12)18-16(19)20-2/h4-10,14,17H,3,11H2,1-2H3,(H,18,19)/t14-/m0/s1. The molecule has 5 heteroatoms. The fourth-order valence-electron chi connectivity index (χ4n) is 2.05. The van der Waals surface area contributed by atoms with E-state index in [1.54, 1.807) is 11.3 Å². The van der Waals surface area contributed by atoms with E-state index >= 15 is 0 Å². The van der Waals surface area contributed by atoms with Crippen LogP contribution in [0.3, 0.4) is 0 Å². The molecule has 1 heterocycles. The number of amides is 1. The molecule has 2 aromatic rings. The van der Waals surface area contributed by atoms with Gasteiger partial charge < -0.3 is 10.1 Å². The van der Waals surface area contributed by atoms with Gasteiger partial charge in [-0.05, 0) is 35.6 Å². The smallest absolute Gasteiger partial charge is 0.411 e. The highest BCUT2D eigenvalue weighted by atomic mass is 32.1. The van der Waals surface area contributed by atoms with E-state index in [0.29, 0.717) is 6.04 Å². The lowest BCUT2D eigenvalue weighted by atomic mass is 10.1. The first-order valence-electron chi connectivity index (χ1n) is 6.93. The van der Waals surface area contributed by atoms with Crippen LogP contribution in [0, 0.1) is 0 Å². The van der Waals surface area contributed by atoms with Gasteiger partial charge in [0.2, 0.25) is 0 Å². The van der Waals surface area contributed by atoms with Crippen molar-refractivity contribution < 1.29 is 9.53 Å². The molecule has 112 valence electrons. The highest BCUT2D eigenvalue weighted by molar-refractivity contribution is 7.10. The zero-order valence-corrected chi connectivity index (χ0v) is 13.1. The van der Waals surface area contributed by atoms with Gasteiger partial charge in [0.25, 0.3) is 0 Å². The average Bonchev–Trinajstić information content (AvgIpc) is 3.03. The van der Waals surface area contributed by atoms with E-state index in [2.05, 4.69) is 39.8 Å². The monoisotopic (exact) mass is 304 g/mol. The number of carbonyl (C=O) groups excluding carboxylic acids is 1. The van der Waals surface area contributed by atoms with Gasteiger partial charge in [0, 0.05) is 23.2 Å². The largest absolute Gasteiger partial charge is 0.453 e. The van der Waals surface area contributed by atoms with Crippen molar-refractivity contribution in [2.75, 3.05) is 12.4 Å². The van der Waals surface area contributed by atoms with Crippen LogP contribution in [0.15, 0.2) is 41.8 Å². The van der Waals surface area contributed by atoms with Crippen LogP contribution in [0.4, 0.5) is 10.5 Å². The summed E-state index contributed by atoms with van der Waals surface area (Å²) in [6.45, 7) is 2.98. The molecule has 1 amide bonds. The third kappa shape index (κ3) is 4.58. The summed E-state index contributed by atoms with van der Waals surface area (Å²) >= 11 is 1.78. The molecule has 0 aliphatic heterocycles. The van der Waals surface area contributed by atoms with Crippen molar-refractivity contribution in [3.05, 3.63) is 52.2 Å². The van der Waals surface area contributed by atoms with Gasteiger partial charge >= 0.3 is 6.09 Å². The van der Waals surface area contributed by atoms with Crippen LogP contribution >= 0.6 is 11.3 Å². The van der Waals surface area contributed by atoms with Gasteiger partial charge in [0.05, 0.1) is 7.11 Å². The highest BCUT2D eigenvalue weighted by Crippen LogP contribution is 2.22. The summed E-state index contributed by atoms with van der Waals surface area (Å²) in [4.78, 5) is 12.5. The van der Waals surface area contributed by atoms with Crippen LogP contribution in [0.5, 0.6) is 0 Å². The van der Waals surface area contributed by atoms with Gasteiger partial charge in [-0.15, -0.1) is 11.3 Å². The summed E-state index contributed by atoms with van der Waals surface area (Å²) in [5.41, 5.74) is 1.91. The lowest BCUT2D eigenvalue weighted by Crippen LogP contribution is -2.19. The number of rotatable bonds is 6. The Morgan fingerprint density at radius 1 is 1.29 bits per heavy atom. The first-order chi connectivity index (χ1) is 10.2. The Morgan fingerprint density at radius 2 is 2.05 bits per heavy atom. The molecule has 1 aromatic heterocycles. The summed E-state index contributed by atoms with van der Waals surface area (Å²) < 4.78 is 4.56. The van der Waals surface area contributed by atoms with Crippen LogP contribution in [-0.4, -0.2) is 13.2 Å². The minimum absolute atomic E-state index is 0.387. The van der Waals surface area contributed by atoms with Crippen LogP contribution in [0.1, 0.15) is 29.8 Å². The lowest BCUT2D eigenvalue weighted by molar-refractivity contribution is 0.187. The fourth-order valence-corrected chi connectivity index (χ4v) is 2.94. The molecular weight excluding hydrogens is 284 g/mol. The van der Waals surface area contributed by atoms with Gasteiger partial charge in [0.15, 0.2) is 0 Å². The predicted molar refractivity (Wildman–Crippen MR) is 86.7 cm³/mol. The van der Waals surface area contributed by atoms with Crippen LogP contribution < -0.4 is 10.6 Å². The normalized spacial score (nSPS) is 11.9. The van der Waals surface area contributed by atoms with Crippen LogP contribution in [0.25, 0.3) is 0 Å². The third-order valence-corrected chi connectivity index (χ3v) is 4.22. The topological polar surface area (TPSA) is 50.4 Å². The number of thiophene rings is 1. The van der Waals surface area contributed by atoms with Crippen molar-refractivity contribution in [1.82, 2.24) is 5.32 Å². The molecule has 2 rings (SSSR count). The fraction of sp³-hybridized carbons (Fsp3) is 0.312. The Hall–Kier alpha value is -1.85. The van der Waals surface area contributed by atoms with Crippen molar-refractivity contribution in [2.24, 2.45) is 0 Å². The second-order valence-corrected chi connectivity index (χ2v) is 5.65. The first-order valence-corrected chi connectivity index (χ1v) is 7.81. The van der Waals surface area contributed by atoms with E-state index in [1.165, 1.54) is 17.6 Å². The second-order valence-electron chi connectivity index (χ2n) is 4.67. The number of benzene rings is 1. The lowest BCUT2D eigenvalue weighted by Gasteiger charge is -2.15.